The van der Waals surface area contributed by atoms with Crippen LogP contribution < -0.4 is 17.2 Å². The van der Waals surface area contributed by atoms with Crippen LogP contribution in [0.4, 0.5) is 16.3 Å². The third-order valence-corrected chi connectivity index (χ3v) is 14.3. The number of benzene rings is 1. The summed E-state index contributed by atoms with van der Waals surface area (Å²) in [6, 6.07) is 6.91. The standard InChI is InChI=1S/C49H74N10O10/c1-12-17-36-42-49(59-23-20-39(51)52-46(59)63,69-47(64)58(42)22-15-14-21-57-28-35(53-54-57)33-18-16-19-34(50)25-33)38(13-2)67-44(62)32(6)40(60)31(5)43(48(7,65-11)26-29(3)27-56(36)10)68-45-41(61)37(55(8)9)24-30(4)66-45/h12,16,18-20,23,25,28-32,36-38,41-43,45,61H,1,13-15,17,21-22,24,26-27,50H2,2-11H3,(H2,51,52,63)/t29-,30-,31+,32-,36-,37?,38-,41?,42-,43-,45+,48-,49-/m1/s1. The van der Waals surface area contributed by atoms with Gasteiger partial charge in [0.15, 0.2) is 18.2 Å². The van der Waals surface area contributed by atoms with Crippen molar-refractivity contribution in [2.75, 3.05) is 52.8 Å². The number of likely N-dealkylation sites (N-methyl/N-ethyl adjacent to an activating group) is 2. The van der Waals surface area contributed by atoms with Crippen molar-refractivity contribution in [2.45, 2.75) is 147 Å². The number of unbranched alkanes of at least 4 members (excludes halogenated alkanes) is 1. The van der Waals surface area contributed by atoms with Crippen LogP contribution in [-0.2, 0) is 45.5 Å². The number of amides is 1. The first-order valence-electron chi connectivity index (χ1n) is 24.1. The topological polar surface area (TPSA) is 245 Å². The fourth-order valence-electron chi connectivity index (χ4n) is 10.8. The number of nitrogens with two attached hydrogens (primary N) is 2. The van der Waals surface area contributed by atoms with Crippen LogP contribution in [-0.4, -0.2) is 158 Å². The van der Waals surface area contributed by atoms with E-state index >= 15 is 0 Å². The third kappa shape index (κ3) is 11.2. The van der Waals surface area contributed by atoms with Crippen molar-refractivity contribution in [3.63, 3.8) is 0 Å². The van der Waals surface area contributed by atoms with Gasteiger partial charge in [-0.2, -0.15) is 4.98 Å². The number of rotatable bonds is 14. The predicted molar refractivity (Wildman–Crippen MR) is 258 cm³/mol. The summed E-state index contributed by atoms with van der Waals surface area (Å²) >= 11 is 0. The van der Waals surface area contributed by atoms with Crippen LogP contribution in [0.1, 0.15) is 80.1 Å². The molecule has 3 aliphatic rings. The highest BCUT2D eigenvalue weighted by Gasteiger charge is 2.64. The van der Waals surface area contributed by atoms with E-state index in [1.807, 2.05) is 64.3 Å². The van der Waals surface area contributed by atoms with E-state index in [4.69, 9.17) is 35.2 Å². The molecule has 0 aliphatic carbocycles. The fraction of sp³-hybridized carbons (Fsp3) is 0.653. The summed E-state index contributed by atoms with van der Waals surface area (Å²) < 4.78 is 35.2. The number of Topliss-reactive ketones (excluding diaryl/α,β-unsaturated/α-hetero) is 1. The molecule has 3 fully saturated rings. The molecule has 6 rings (SSSR count). The predicted octanol–water partition coefficient (Wildman–Crippen LogP) is 3.92. The third-order valence-electron chi connectivity index (χ3n) is 14.3. The average molecular weight is 963 g/mol. The Morgan fingerprint density at radius 1 is 1.07 bits per heavy atom. The number of hydrogen-bond acceptors (Lipinski definition) is 17. The maximum Gasteiger partial charge on any atom is 0.412 e. The molecule has 380 valence electrons. The van der Waals surface area contributed by atoms with Gasteiger partial charge in [-0.1, -0.05) is 44.2 Å². The van der Waals surface area contributed by atoms with E-state index in [0.717, 1.165) is 5.56 Å². The van der Waals surface area contributed by atoms with Crippen molar-refractivity contribution in [1.82, 2.24) is 39.2 Å². The highest BCUT2D eigenvalue weighted by Crippen LogP contribution is 2.45. The molecule has 20 nitrogen and oxygen atoms in total. The number of aliphatic hydroxyl groups excluding tert-OH is 1. The molecule has 1 amide bonds. The number of nitrogens with zero attached hydrogens (tertiary/aromatic N) is 8. The van der Waals surface area contributed by atoms with E-state index in [0.29, 0.717) is 56.6 Å². The van der Waals surface area contributed by atoms with Crippen LogP contribution in [0, 0.1) is 17.8 Å². The smallest absolute Gasteiger partial charge is 0.412 e. The molecule has 3 aromatic rings. The van der Waals surface area contributed by atoms with Gasteiger partial charge in [0.2, 0.25) is 0 Å². The van der Waals surface area contributed by atoms with Crippen LogP contribution in [0.5, 0.6) is 0 Å². The zero-order valence-corrected chi connectivity index (χ0v) is 41.9. The molecular formula is C49H74N10O10. The number of nitrogen functional groups attached to an aromatic ring is 2. The van der Waals surface area contributed by atoms with Gasteiger partial charge in [0, 0.05) is 62.2 Å². The van der Waals surface area contributed by atoms with Gasteiger partial charge in [-0.25, -0.2) is 9.59 Å². The molecule has 2 aromatic heterocycles. The van der Waals surface area contributed by atoms with Gasteiger partial charge < -0.3 is 50.1 Å². The molecular weight excluding hydrogens is 889 g/mol. The largest absolute Gasteiger partial charge is 0.455 e. The van der Waals surface area contributed by atoms with Gasteiger partial charge in [-0.3, -0.25) is 23.7 Å². The number of carbonyl (C=O) groups excluding carboxylic acids is 3. The molecule has 0 spiro atoms. The number of ether oxygens (including phenoxy) is 5. The minimum atomic E-state index is -2.02. The Morgan fingerprint density at radius 2 is 1.80 bits per heavy atom. The minimum absolute atomic E-state index is 0.0505. The monoisotopic (exact) mass is 963 g/mol. The molecule has 5 N–H and O–H groups in total. The summed E-state index contributed by atoms with van der Waals surface area (Å²) in [6.07, 6.45) is 1.79. The number of anilines is 2. The van der Waals surface area contributed by atoms with Crippen molar-refractivity contribution >= 4 is 29.4 Å². The van der Waals surface area contributed by atoms with Crippen molar-refractivity contribution in [1.29, 1.82) is 0 Å². The summed E-state index contributed by atoms with van der Waals surface area (Å²) in [5.74, 6) is -4.00. The first-order valence-corrected chi connectivity index (χ1v) is 24.1. The number of aliphatic hydroxyl groups is 1. The Hall–Kier alpha value is -5.25. The van der Waals surface area contributed by atoms with E-state index in [-0.39, 0.29) is 36.8 Å². The quantitative estimate of drug-likeness (QED) is 0.0682. The highest BCUT2D eigenvalue weighted by atomic mass is 16.7. The van der Waals surface area contributed by atoms with E-state index in [1.54, 1.807) is 42.7 Å². The molecule has 0 saturated carbocycles. The van der Waals surface area contributed by atoms with Crippen LogP contribution in [0.25, 0.3) is 11.3 Å². The molecule has 0 radical (unpaired) electrons. The number of esters is 1. The molecule has 5 heterocycles. The maximum atomic E-state index is 14.8. The van der Waals surface area contributed by atoms with Gasteiger partial charge in [0.05, 0.1) is 24.0 Å². The first-order chi connectivity index (χ1) is 32.7. The lowest BCUT2D eigenvalue weighted by atomic mass is 9.78. The zero-order valence-electron chi connectivity index (χ0n) is 41.9. The summed E-state index contributed by atoms with van der Waals surface area (Å²) in [5.41, 5.74) is 10.2. The Labute approximate surface area is 405 Å². The van der Waals surface area contributed by atoms with Crippen molar-refractivity contribution in [3.8, 4) is 11.3 Å². The molecule has 3 saturated heterocycles. The van der Waals surface area contributed by atoms with E-state index in [2.05, 4.69) is 33.7 Å². The number of ketones is 1. The van der Waals surface area contributed by atoms with Gasteiger partial charge >= 0.3 is 17.8 Å². The van der Waals surface area contributed by atoms with Gasteiger partial charge in [0.1, 0.15) is 29.6 Å². The lowest BCUT2D eigenvalue weighted by Crippen LogP contribution is -2.65. The second kappa shape index (κ2) is 22.2. The molecule has 3 aliphatic heterocycles. The van der Waals surface area contributed by atoms with Crippen LogP contribution in [0.15, 0.2) is 60.2 Å². The molecule has 20 heteroatoms. The van der Waals surface area contributed by atoms with E-state index in [1.165, 1.54) is 23.8 Å². The molecule has 1 aromatic carbocycles. The van der Waals surface area contributed by atoms with E-state index < -0.39 is 83.4 Å². The fourth-order valence-corrected chi connectivity index (χ4v) is 10.8. The van der Waals surface area contributed by atoms with Crippen LogP contribution >= 0.6 is 0 Å². The summed E-state index contributed by atoms with van der Waals surface area (Å²) in [7, 11) is 7.24. The summed E-state index contributed by atoms with van der Waals surface area (Å²) in [4.78, 5) is 68.0. The van der Waals surface area contributed by atoms with Crippen molar-refractivity contribution in [2.24, 2.45) is 17.8 Å². The Morgan fingerprint density at radius 3 is 2.45 bits per heavy atom. The van der Waals surface area contributed by atoms with Crippen molar-refractivity contribution in [3.05, 3.63) is 65.9 Å². The Bertz CT molecular complexity index is 2330. The van der Waals surface area contributed by atoms with Gasteiger partial charge in [0.25, 0.3) is 5.72 Å². The van der Waals surface area contributed by atoms with Crippen LogP contribution in [0.2, 0.25) is 0 Å². The molecule has 0 bridgehead atoms. The number of carbonyl (C=O) groups is 3. The normalized spacial score (nSPS) is 33.1. The number of aromatic nitrogens is 5. The number of cyclic esters (lactones) is 1. The SMILES string of the molecule is C=CC[C@@H]1[C@H]2N(CCCCn3cc(-c4cccc(N)c4)nn3)C(=O)O[C@]2(n2ccc(N)nc2=O)[C@@H](CC)OC(=O)[C@H](C)C(=O)[C@H](C)[C@@H](O[C@@H]2O[C@H](C)CC(N(C)C)C2O)[C@](C)(OC)C[C@@H](C)CN1C. The second-order valence-electron chi connectivity index (χ2n) is 19.7. The number of fused-ring (bicyclic) bond motifs is 1. The highest BCUT2D eigenvalue weighted by molar-refractivity contribution is 6.00. The minimum Gasteiger partial charge on any atom is -0.455 e. The maximum absolute atomic E-state index is 14.8. The number of aryl methyl sites for hydroxylation is 1. The van der Waals surface area contributed by atoms with Gasteiger partial charge in [-0.15, -0.1) is 11.7 Å². The Balaban J connectivity index is 1.41. The molecule has 2 unspecified atom stereocenters. The summed E-state index contributed by atoms with van der Waals surface area (Å²) in [6.45, 7) is 15.9. The van der Waals surface area contributed by atoms with E-state index in [9.17, 15) is 24.3 Å². The van der Waals surface area contributed by atoms with Gasteiger partial charge in [-0.05, 0) is 105 Å². The molecule has 13 atom stereocenters. The zero-order chi connectivity index (χ0) is 50.5. The lowest BCUT2D eigenvalue weighted by molar-refractivity contribution is -0.295. The average Bonchev–Trinajstić information content (AvgIpc) is 3.89. The van der Waals surface area contributed by atoms with Crippen LogP contribution in [0.3, 0.4) is 0 Å². The summed E-state index contributed by atoms with van der Waals surface area (Å²) in [5, 5.41) is 20.3. The number of hydrogen-bond donors (Lipinski definition) is 3. The first kappa shape index (κ1) is 53.1. The Kier molecular flexibility index (Phi) is 17.1. The number of methoxy groups -OCH3 is 1. The molecule has 69 heavy (non-hydrogen) atoms. The van der Waals surface area contributed by atoms with Crippen molar-refractivity contribution < 1.29 is 43.2 Å². The lowest BCUT2D eigenvalue weighted by Gasteiger charge is -2.47. The second-order valence-corrected chi connectivity index (χ2v) is 19.7.